The van der Waals surface area contributed by atoms with E-state index >= 15 is 0 Å². The van der Waals surface area contributed by atoms with Gasteiger partial charge in [0.25, 0.3) is 5.91 Å². The number of hydroxylamine groups is 1. The summed E-state index contributed by atoms with van der Waals surface area (Å²) in [6.07, 6.45) is 2.29. The molecule has 5 heteroatoms. The second-order valence-electron chi connectivity index (χ2n) is 9.12. The summed E-state index contributed by atoms with van der Waals surface area (Å²) in [4.78, 5) is 16.5. The summed E-state index contributed by atoms with van der Waals surface area (Å²) < 4.78 is 0. The lowest BCUT2D eigenvalue weighted by molar-refractivity contribution is 0.0706. The van der Waals surface area contributed by atoms with Crippen LogP contribution in [0.2, 0.25) is 0 Å². The molecule has 1 saturated heterocycles. The first kappa shape index (κ1) is 20.7. The molecule has 32 heavy (non-hydrogen) atoms. The van der Waals surface area contributed by atoms with Gasteiger partial charge in [-0.05, 0) is 54.8 Å². The zero-order valence-electron chi connectivity index (χ0n) is 18.4. The highest BCUT2D eigenvalue weighted by Crippen LogP contribution is 2.50. The number of para-hydroxylation sites is 1. The molecule has 0 aliphatic carbocycles. The fraction of sp³-hybridized carbons (Fsp3) is 0.296. The van der Waals surface area contributed by atoms with Crippen molar-refractivity contribution >= 4 is 11.6 Å². The van der Waals surface area contributed by atoms with Gasteiger partial charge in [-0.1, -0.05) is 60.7 Å². The van der Waals surface area contributed by atoms with E-state index in [-0.39, 0.29) is 5.41 Å². The minimum Gasteiger partial charge on any atom is -0.373 e. The van der Waals surface area contributed by atoms with Crippen molar-refractivity contribution in [1.82, 2.24) is 10.4 Å². The third-order valence-corrected chi connectivity index (χ3v) is 7.15. The van der Waals surface area contributed by atoms with E-state index in [0.717, 1.165) is 39.0 Å². The van der Waals surface area contributed by atoms with Gasteiger partial charge in [-0.25, -0.2) is 5.48 Å². The topological polar surface area (TPSA) is 55.8 Å². The van der Waals surface area contributed by atoms with Gasteiger partial charge in [0, 0.05) is 42.4 Å². The molecule has 2 N–H and O–H groups in total. The van der Waals surface area contributed by atoms with Crippen molar-refractivity contribution in [3.8, 4) is 11.1 Å². The Morgan fingerprint density at radius 3 is 2.38 bits per heavy atom. The molecule has 2 aliphatic rings. The average Bonchev–Trinajstić information content (AvgIpc) is 3.12. The van der Waals surface area contributed by atoms with Gasteiger partial charge >= 0.3 is 0 Å². The van der Waals surface area contributed by atoms with E-state index in [9.17, 15) is 4.79 Å². The quantitative estimate of drug-likeness (QED) is 0.477. The Bertz CT molecular complexity index is 1100. The molecule has 0 atom stereocenters. The van der Waals surface area contributed by atoms with Gasteiger partial charge in [0.05, 0.1) is 0 Å². The first-order valence-corrected chi connectivity index (χ1v) is 11.3. The summed E-state index contributed by atoms with van der Waals surface area (Å²) in [6.45, 7) is 4.07. The molecule has 1 spiro atoms. The number of benzene rings is 3. The molecule has 2 heterocycles. The summed E-state index contributed by atoms with van der Waals surface area (Å²) in [5, 5.41) is 8.78. The molecular weight excluding hydrogens is 398 g/mol. The Morgan fingerprint density at radius 2 is 1.69 bits per heavy atom. The average molecular weight is 428 g/mol. The first-order chi connectivity index (χ1) is 15.6. The number of nitrogens with zero attached hydrogens (tertiary/aromatic N) is 2. The monoisotopic (exact) mass is 427 g/mol. The number of carbonyl (C=O) groups excluding carboxylic acids is 1. The lowest BCUT2D eigenvalue weighted by Gasteiger charge is -2.40. The molecule has 0 saturated carbocycles. The highest BCUT2D eigenvalue weighted by Gasteiger charge is 2.44. The minimum atomic E-state index is -0.477. The Labute approximate surface area is 189 Å². The first-order valence-electron chi connectivity index (χ1n) is 11.3. The molecular formula is C27H29N3O2. The predicted molar refractivity (Wildman–Crippen MR) is 127 cm³/mol. The van der Waals surface area contributed by atoms with Gasteiger partial charge in [-0.3, -0.25) is 14.9 Å². The summed E-state index contributed by atoms with van der Waals surface area (Å²) in [5.41, 5.74) is 9.06. The number of rotatable bonds is 4. The Balaban J connectivity index is 1.32. The number of carbonyl (C=O) groups is 1. The molecule has 164 valence electrons. The third-order valence-electron chi connectivity index (χ3n) is 7.15. The lowest BCUT2D eigenvalue weighted by atomic mass is 9.73. The minimum absolute atomic E-state index is 0.217. The van der Waals surface area contributed by atoms with Gasteiger partial charge in [-0.15, -0.1) is 0 Å². The van der Waals surface area contributed by atoms with Crippen LogP contribution in [0.1, 0.15) is 34.3 Å². The third kappa shape index (κ3) is 3.68. The highest BCUT2D eigenvalue weighted by atomic mass is 16.5. The zero-order valence-corrected chi connectivity index (χ0v) is 18.4. The maximum Gasteiger partial charge on any atom is 0.274 e. The van der Waals surface area contributed by atoms with E-state index in [4.69, 9.17) is 5.21 Å². The van der Waals surface area contributed by atoms with Gasteiger partial charge < -0.3 is 4.90 Å². The molecule has 2 aliphatic heterocycles. The highest BCUT2D eigenvalue weighted by molar-refractivity contribution is 5.93. The molecule has 0 bridgehead atoms. The maximum atomic E-state index is 11.5. The van der Waals surface area contributed by atoms with Crippen LogP contribution in [-0.4, -0.2) is 42.7 Å². The predicted octanol–water partition coefficient (Wildman–Crippen LogP) is 4.46. The smallest absolute Gasteiger partial charge is 0.274 e. The molecule has 1 amide bonds. The van der Waals surface area contributed by atoms with Crippen molar-refractivity contribution in [2.24, 2.45) is 0 Å². The summed E-state index contributed by atoms with van der Waals surface area (Å²) >= 11 is 0. The number of hydrogen-bond donors (Lipinski definition) is 2. The number of hydrogen-bond acceptors (Lipinski definition) is 4. The van der Waals surface area contributed by atoms with Crippen LogP contribution < -0.4 is 10.4 Å². The Kier molecular flexibility index (Phi) is 5.45. The maximum absolute atomic E-state index is 11.5. The van der Waals surface area contributed by atoms with E-state index in [0.29, 0.717) is 5.56 Å². The van der Waals surface area contributed by atoms with Crippen LogP contribution in [0, 0.1) is 0 Å². The van der Waals surface area contributed by atoms with E-state index in [2.05, 4.69) is 65.4 Å². The summed E-state index contributed by atoms with van der Waals surface area (Å²) in [6, 6.07) is 25.0. The normalized spacial score (nSPS) is 17.4. The number of anilines is 1. The Morgan fingerprint density at radius 1 is 0.969 bits per heavy atom. The van der Waals surface area contributed by atoms with E-state index in [1.54, 1.807) is 17.6 Å². The standard InChI is InChI=1S/C27H29N3O2/c1-29-19-27(24-9-5-8-23(25(24)29)21-6-3-2-4-7-21)14-16-30(17-15-27)18-20-10-12-22(13-11-20)26(31)28-32/h2-13,32H,14-19H2,1H3,(H,28,31). The second kappa shape index (κ2) is 8.41. The van der Waals surface area contributed by atoms with Crippen LogP contribution in [-0.2, 0) is 12.0 Å². The molecule has 0 aromatic heterocycles. The van der Waals surface area contributed by atoms with Gasteiger partial charge in [0.15, 0.2) is 0 Å². The largest absolute Gasteiger partial charge is 0.373 e. The zero-order chi connectivity index (χ0) is 22.1. The van der Waals surface area contributed by atoms with Crippen molar-refractivity contribution in [2.75, 3.05) is 31.6 Å². The van der Waals surface area contributed by atoms with Crippen molar-refractivity contribution in [3.05, 3.63) is 89.5 Å². The van der Waals surface area contributed by atoms with Crippen molar-refractivity contribution in [1.29, 1.82) is 0 Å². The van der Waals surface area contributed by atoms with Crippen LogP contribution in [0.4, 0.5) is 5.69 Å². The van der Waals surface area contributed by atoms with Gasteiger partial charge in [-0.2, -0.15) is 0 Å². The fourth-order valence-electron chi connectivity index (χ4n) is 5.50. The van der Waals surface area contributed by atoms with Crippen LogP contribution in [0.5, 0.6) is 0 Å². The molecule has 5 nitrogen and oxygen atoms in total. The van der Waals surface area contributed by atoms with Crippen LogP contribution in [0.15, 0.2) is 72.8 Å². The number of likely N-dealkylation sites (tertiary alicyclic amines) is 1. The lowest BCUT2D eigenvalue weighted by Crippen LogP contribution is -2.44. The SMILES string of the molecule is CN1CC2(CCN(Cc3ccc(C(=O)NO)cc3)CC2)c2cccc(-c3ccccc3)c21. The van der Waals surface area contributed by atoms with E-state index in [1.165, 1.54) is 27.9 Å². The molecule has 3 aromatic carbocycles. The molecule has 1 fully saturated rings. The van der Waals surface area contributed by atoms with Crippen molar-refractivity contribution < 1.29 is 10.0 Å². The fourth-order valence-corrected chi connectivity index (χ4v) is 5.50. The number of fused-ring (bicyclic) bond motifs is 2. The number of piperidine rings is 1. The molecule has 0 radical (unpaired) electrons. The van der Waals surface area contributed by atoms with E-state index < -0.39 is 5.91 Å². The van der Waals surface area contributed by atoms with Crippen LogP contribution in [0.25, 0.3) is 11.1 Å². The van der Waals surface area contributed by atoms with Crippen molar-refractivity contribution in [3.63, 3.8) is 0 Å². The molecule has 0 unspecified atom stereocenters. The summed E-state index contributed by atoms with van der Waals surface area (Å²) in [7, 11) is 2.23. The summed E-state index contributed by atoms with van der Waals surface area (Å²) in [5.74, 6) is -0.477. The molecule has 5 rings (SSSR count). The Hall–Kier alpha value is -3.15. The van der Waals surface area contributed by atoms with Crippen molar-refractivity contribution in [2.45, 2.75) is 24.8 Å². The van der Waals surface area contributed by atoms with Gasteiger partial charge in [0.2, 0.25) is 0 Å². The second-order valence-corrected chi connectivity index (χ2v) is 9.12. The van der Waals surface area contributed by atoms with Gasteiger partial charge in [0.1, 0.15) is 0 Å². The van der Waals surface area contributed by atoms with E-state index in [1.807, 2.05) is 12.1 Å². The number of amides is 1. The molecule has 3 aromatic rings. The van der Waals surface area contributed by atoms with Crippen LogP contribution >= 0.6 is 0 Å². The number of nitrogens with one attached hydrogen (secondary N) is 1. The number of likely N-dealkylation sites (N-methyl/N-ethyl adjacent to an activating group) is 1. The van der Waals surface area contributed by atoms with Crippen LogP contribution in [0.3, 0.4) is 0 Å².